The zero-order chi connectivity index (χ0) is 7.84. The predicted molar refractivity (Wildman–Crippen MR) is 42.5 cm³/mol. The number of halogens is 1. The van der Waals surface area contributed by atoms with Crippen LogP contribution in [0.25, 0.3) is 0 Å². The van der Waals surface area contributed by atoms with Crippen molar-refractivity contribution < 1.29 is 5.11 Å². The Morgan fingerprint density at radius 1 is 1.64 bits per heavy atom. The van der Waals surface area contributed by atoms with Gasteiger partial charge in [-0.2, -0.15) is 0 Å². The fourth-order valence-corrected chi connectivity index (χ4v) is 1.74. The monoisotopic (exact) mass is 169 g/mol. The lowest BCUT2D eigenvalue weighted by Gasteiger charge is -2.02. The van der Waals surface area contributed by atoms with Crippen LogP contribution in [-0.4, -0.2) is 10.1 Å². The molecule has 1 aliphatic carbocycles. The number of rotatable bonds is 0. The highest BCUT2D eigenvalue weighted by Gasteiger charge is 2.22. The molecule has 1 aliphatic rings. The molecule has 0 fully saturated rings. The van der Waals surface area contributed by atoms with E-state index in [9.17, 15) is 5.11 Å². The molecule has 0 saturated heterocycles. The van der Waals surface area contributed by atoms with Gasteiger partial charge in [-0.1, -0.05) is 11.6 Å². The molecule has 1 atom stereocenters. The lowest BCUT2D eigenvalue weighted by molar-refractivity contribution is 0.180. The molecule has 2 nitrogen and oxygen atoms in total. The molecule has 2 rings (SSSR count). The van der Waals surface area contributed by atoms with Crippen molar-refractivity contribution in [1.29, 1.82) is 0 Å². The van der Waals surface area contributed by atoms with Gasteiger partial charge in [-0.15, -0.1) is 0 Å². The molecule has 1 unspecified atom stereocenters. The molecule has 1 aromatic rings. The Hall–Kier alpha value is -0.600. The lowest BCUT2D eigenvalue weighted by atomic mass is 10.2. The van der Waals surface area contributed by atoms with E-state index in [2.05, 4.69) is 4.98 Å². The van der Waals surface area contributed by atoms with Crippen LogP contribution in [-0.2, 0) is 6.42 Å². The molecule has 0 saturated carbocycles. The van der Waals surface area contributed by atoms with Gasteiger partial charge in [-0.05, 0) is 30.0 Å². The molecule has 1 N–H and O–H groups in total. The maximum Gasteiger partial charge on any atom is 0.132 e. The Kier molecular flexibility index (Phi) is 1.59. The fourth-order valence-electron chi connectivity index (χ4n) is 1.48. The van der Waals surface area contributed by atoms with Crippen molar-refractivity contribution >= 4 is 11.6 Å². The molecule has 0 radical (unpaired) electrons. The van der Waals surface area contributed by atoms with E-state index in [4.69, 9.17) is 11.6 Å². The van der Waals surface area contributed by atoms with Crippen molar-refractivity contribution in [1.82, 2.24) is 4.98 Å². The van der Waals surface area contributed by atoms with E-state index >= 15 is 0 Å². The molecule has 0 spiro atoms. The van der Waals surface area contributed by atoms with Gasteiger partial charge in [0.05, 0.1) is 6.10 Å². The van der Waals surface area contributed by atoms with Gasteiger partial charge >= 0.3 is 0 Å². The number of fused-ring (bicyclic) bond motifs is 1. The Balaban J connectivity index is 2.57. The summed E-state index contributed by atoms with van der Waals surface area (Å²) < 4.78 is 0. The summed E-state index contributed by atoms with van der Waals surface area (Å²) in [4.78, 5) is 3.94. The summed E-state index contributed by atoms with van der Waals surface area (Å²) in [7, 11) is 0. The normalized spacial score (nSPS) is 21.8. The second kappa shape index (κ2) is 2.47. The van der Waals surface area contributed by atoms with Gasteiger partial charge in [0.2, 0.25) is 0 Å². The molecule has 0 amide bonds. The molecule has 0 bridgehead atoms. The molecule has 1 aromatic heterocycles. The van der Waals surface area contributed by atoms with Crippen LogP contribution in [0.4, 0.5) is 0 Å². The predicted octanol–water partition coefficient (Wildman–Crippen LogP) is 1.71. The molecule has 58 valence electrons. The van der Waals surface area contributed by atoms with Gasteiger partial charge < -0.3 is 5.11 Å². The van der Waals surface area contributed by atoms with E-state index in [0.29, 0.717) is 5.15 Å². The molecule has 0 aliphatic heterocycles. The fraction of sp³-hybridized carbons (Fsp3) is 0.375. The largest absolute Gasteiger partial charge is 0.388 e. The molecular weight excluding hydrogens is 162 g/mol. The average Bonchev–Trinajstić information content (AvgIpc) is 2.35. The standard InChI is InChI=1S/C8H8ClNO/c9-8-6-1-2-7(11)5(6)3-4-10-8/h3-4,7,11H,1-2H2. The zero-order valence-electron chi connectivity index (χ0n) is 5.92. The van der Waals surface area contributed by atoms with E-state index in [1.807, 2.05) is 6.07 Å². The SMILES string of the molecule is OC1CCc2c1ccnc2Cl. The first-order valence-electron chi connectivity index (χ1n) is 3.60. The van der Waals surface area contributed by atoms with Crippen LogP contribution in [0.5, 0.6) is 0 Å². The summed E-state index contributed by atoms with van der Waals surface area (Å²) >= 11 is 5.81. The van der Waals surface area contributed by atoms with Crippen molar-refractivity contribution in [3.63, 3.8) is 0 Å². The summed E-state index contributed by atoms with van der Waals surface area (Å²) in [6.07, 6.45) is 2.94. The Morgan fingerprint density at radius 3 is 3.18 bits per heavy atom. The zero-order valence-corrected chi connectivity index (χ0v) is 6.67. The molecule has 11 heavy (non-hydrogen) atoms. The second-order valence-electron chi connectivity index (χ2n) is 2.72. The minimum atomic E-state index is -0.328. The third-order valence-corrected chi connectivity index (χ3v) is 2.39. The molecular formula is C8H8ClNO. The van der Waals surface area contributed by atoms with Gasteiger partial charge in [0.1, 0.15) is 5.15 Å². The van der Waals surface area contributed by atoms with Crippen molar-refractivity contribution in [2.24, 2.45) is 0 Å². The summed E-state index contributed by atoms with van der Waals surface area (Å²) in [6, 6.07) is 1.83. The Labute approximate surface area is 69.8 Å². The summed E-state index contributed by atoms with van der Waals surface area (Å²) in [5.74, 6) is 0. The van der Waals surface area contributed by atoms with E-state index < -0.39 is 0 Å². The molecule has 1 heterocycles. The topological polar surface area (TPSA) is 33.1 Å². The number of hydrogen-bond acceptors (Lipinski definition) is 2. The van der Waals surface area contributed by atoms with Crippen LogP contribution in [0.3, 0.4) is 0 Å². The van der Waals surface area contributed by atoms with E-state index in [1.165, 1.54) is 0 Å². The number of nitrogens with zero attached hydrogens (tertiary/aromatic N) is 1. The maximum absolute atomic E-state index is 9.42. The van der Waals surface area contributed by atoms with Crippen LogP contribution < -0.4 is 0 Å². The second-order valence-corrected chi connectivity index (χ2v) is 3.08. The van der Waals surface area contributed by atoms with Gasteiger partial charge in [0.25, 0.3) is 0 Å². The van der Waals surface area contributed by atoms with Crippen molar-refractivity contribution in [2.45, 2.75) is 18.9 Å². The first-order chi connectivity index (χ1) is 5.29. The number of hydrogen-bond donors (Lipinski definition) is 1. The van der Waals surface area contributed by atoms with Crippen LogP contribution >= 0.6 is 11.6 Å². The third kappa shape index (κ3) is 1.03. The van der Waals surface area contributed by atoms with Gasteiger partial charge in [0.15, 0.2) is 0 Å². The number of aromatic nitrogens is 1. The third-order valence-electron chi connectivity index (χ3n) is 2.07. The van der Waals surface area contributed by atoms with Crippen LogP contribution in [0.2, 0.25) is 5.15 Å². The maximum atomic E-state index is 9.42. The molecule has 3 heteroatoms. The highest BCUT2D eigenvalue weighted by atomic mass is 35.5. The first kappa shape index (κ1) is 7.07. The Morgan fingerprint density at radius 2 is 2.45 bits per heavy atom. The van der Waals surface area contributed by atoms with E-state index in [-0.39, 0.29) is 6.10 Å². The van der Waals surface area contributed by atoms with Gasteiger partial charge in [-0.3, -0.25) is 0 Å². The summed E-state index contributed by atoms with van der Waals surface area (Å²) in [6.45, 7) is 0. The van der Waals surface area contributed by atoms with Gasteiger partial charge in [-0.25, -0.2) is 4.98 Å². The first-order valence-corrected chi connectivity index (χ1v) is 3.98. The summed E-state index contributed by atoms with van der Waals surface area (Å²) in [5.41, 5.74) is 1.96. The highest BCUT2D eigenvalue weighted by molar-refractivity contribution is 6.30. The van der Waals surface area contributed by atoms with Crippen molar-refractivity contribution in [2.75, 3.05) is 0 Å². The van der Waals surface area contributed by atoms with Gasteiger partial charge in [0, 0.05) is 6.20 Å². The van der Waals surface area contributed by atoms with E-state index in [1.54, 1.807) is 6.20 Å². The average molecular weight is 170 g/mol. The van der Waals surface area contributed by atoms with Crippen LogP contribution in [0.1, 0.15) is 23.7 Å². The number of pyridine rings is 1. The van der Waals surface area contributed by atoms with Crippen LogP contribution in [0.15, 0.2) is 12.3 Å². The quantitative estimate of drug-likeness (QED) is 0.600. The Bertz CT molecular complexity index is 287. The smallest absolute Gasteiger partial charge is 0.132 e. The minimum Gasteiger partial charge on any atom is -0.388 e. The molecule has 0 aromatic carbocycles. The van der Waals surface area contributed by atoms with Crippen molar-refractivity contribution in [3.8, 4) is 0 Å². The lowest BCUT2D eigenvalue weighted by Crippen LogP contribution is -1.90. The highest BCUT2D eigenvalue weighted by Crippen LogP contribution is 2.33. The van der Waals surface area contributed by atoms with E-state index in [0.717, 1.165) is 24.0 Å². The number of aliphatic hydroxyl groups is 1. The van der Waals surface area contributed by atoms with Crippen molar-refractivity contribution in [3.05, 3.63) is 28.5 Å². The summed E-state index contributed by atoms with van der Waals surface area (Å²) in [5, 5.41) is 9.96. The van der Waals surface area contributed by atoms with Crippen LogP contribution in [0, 0.1) is 0 Å². The number of aliphatic hydroxyl groups excluding tert-OH is 1. The minimum absolute atomic E-state index is 0.328.